The quantitative estimate of drug-likeness (QED) is 0.934. The van der Waals surface area contributed by atoms with Gasteiger partial charge in [-0.3, -0.25) is 9.48 Å². The Kier molecular flexibility index (Phi) is 5.80. The molecule has 0 bridgehead atoms. The van der Waals surface area contributed by atoms with Crippen LogP contribution in [0.15, 0.2) is 30.3 Å². The number of carbonyl (C=O) groups is 1. The van der Waals surface area contributed by atoms with Crippen LogP contribution < -0.4 is 5.32 Å². The van der Waals surface area contributed by atoms with Gasteiger partial charge in [0.25, 0.3) is 5.91 Å². The van der Waals surface area contributed by atoms with Crippen molar-refractivity contribution in [2.75, 3.05) is 26.2 Å². The van der Waals surface area contributed by atoms with E-state index in [-0.39, 0.29) is 18.3 Å². The highest BCUT2D eigenvalue weighted by atomic mass is 35.5. The van der Waals surface area contributed by atoms with Gasteiger partial charge >= 0.3 is 0 Å². The second-order valence-electron chi connectivity index (χ2n) is 5.83. The minimum atomic E-state index is 0. The Morgan fingerprint density at radius 3 is 2.61 bits per heavy atom. The zero-order valence-corrected chi connectivity index (χ0v) is 14.4. The van der Waals surface area contributed by atoms with Crippen LogP contribution >= 0.6 is 12.4 Å². The fraction of sp³-hybridized carbons (Fsp3) is 0.412. The van der Waals surface area contributed by atoms with Gasteiger partial charge in [-0.25, -0.2) is 0 Å². The first kappa shape index (κ1) is 17.5. The molecule has 2 aromatic rings. The van der Waals surface area contributed by atoms with Crippen molar-refractivity contribution in [3.63, 3.8) is 0 Å². The van der Waals surface area contributed by atoms with Gasteiger partial charge in [0.1, 0.15) is 0 Å². The van der Waals surface area contributed by atoms with Gasteiger partial charge in [0, 0.05) is 37.4 Å². The molecule has 0 atom stereocenters. The van der Waals surface area contributed by atoms with Crippen LogP contribution in [0.4, 0.5) is 0 Å². The molecule has 5 nitrogen and oxygen atoms in total. The summed E-state index contributed by atoms with van der Waals surface area (Å²) in [7, 11) is 0. The third-order valence-electron chi connectivity index (χ3n) is 4.01. The number of carbonyl (C=O) groups excluding carboxylic acids is 1. The van der Waals surface area contributed by atoms with Gasteiger partial charge in [0.2, 0.25) is 0 Å². The first-order chi connectivity index (χ1) is 10.6. The highest BCUT2D eigenvalue weighted by Crippen LogP contribution is 2.12. The molecule has 3 rings (SSSR count). The van der Waals surface area contributed by atoms with Crippen LogP contribution in [0.1, 0.15) is 27.3 Å². The van der Waals surface area contributed by atoms with Crippen LogP contribution in [-0.4, -0.2) is 46.8 Å². The summed E-state index contributed by atoms with van der Waals surface area (Å²) < 4.78 is 1.98. The van der Waals surface area contributed by atoms with Crippen molar-refractivity contribution in [1.29, 1.82) is 0 Å². The molecule has 1 aromatic heterocycles. The second-order valence-corrected chi connectivity index (χ2v) is 5.83. The van der Waals surface area contributed by atoms with Gasteiger partial charge in [-0.1, -0.05) is 12.1 Å². The maximum atomic E-state index is 12.6. The number of halogens is 1. The molecular weight excluding hydrogens is 312 g/mol. The third kappa shape index (κ3) is 4.12. The standard InChI is InChI=1S/C17H22N4O.ClH/c1-13-10-14(2)21(19-13)12-15-4-3-5-16(11-15)17(22)20-8-6-18-7-9-20;/h3-5,10-11,18H,6-9,12H2,1-2H3;1H. The van der Waals surface area contributed by atoms with Gasteiger partial charge in [-0.2, -0.15) is 5.10 Å². The lowest BCUT2D eigenvalue weighted by atomic mass is 10.1. The van der Waals surface area contributed by atoms with Crippen LogP contribution in [0.2, 0.25) is 0 Å². The minimum Gasteiger partial charge on any atom is -0.336 e. The van der Waals surface area contributed by atoms with Crippen molar-refractivity contribution in [3.8, 4) is 0 Å². The Morgan fingerprint density at radius 1 is 1.22 bits per heavy atom. The maximum absolute atomic E-state index is 12.6. The largest absolute Gasteiger partial charge is 0.336 e. The summed E-state index contributed by atoms with van der Waals surface area (Å²) in [5, 5.41) is 7.75. The van der Waals surface area contributed by atoms with Gasteiger partial charge < -0.3 is 10.2 Å². The van der Waals surface area contributed by atoms with Crippen molar-refractivity contribution < 1.29 is 4.79 Å². The van der Waals surface area contributed by atoms with Crippen LogP contribution in [0.25, 0.3) is 0 Å². The first-order valence-electron chi connectivity index (χ1n) is 7.73. The van der Waals surface area contributed by atoms with E-state index in [4.69, 9.17) is 0 Å². The lowest BCUT2D eigenvalue weighted by Gasteiger charge is -2.27. The van der Waals surface area contributed by atoms with E-state index in [0.717, 1.165) is 48.7 Å². The molecule has 1 aliphatic rings. The molecule has 1 amide bonds. The first-order valence-corrected chi connectivity index (χ1v) is 7.73. The van der Waals surface area contributed by atoms with E-state index in [1.807, 2.05) is 40.8 Å². The van der Waals surface area contributed by atoms with Gasteiger partial charge in [-0.05, 0) is 37.6 Å². The predicted molar refractivity (Wildman–Crippen MR) is 93.3 cm³/mol. The van der Waals surface area contributed by atoms with E-state index < -0.39 is 0 Å². The molecule has 0 unspecified atom stereocenters. The van der Waals surface area contributed by atoms with Crippen LogP contribution in [-0.2, 0) is 6.54 Å². The molecule has 124 valence electrons. The SMILES string of the molecule is Cc1cc(C)n(Cc2cccc(C(=O)N3CCNCC3)c2)n1.Cl. The Hall–Kier alpha value is -1.85. The smallest absolute Gasteiger partial charge is 0.253 e. The van der Waals surface area contributed by atoms with Crippen LogP contribution in [0, 0.1) is 13.8 Å². The number of benzene rings is 1. The Bertz CT molecular complexity index is 677. The molecule has 1 saturated heterocycles. The highest BCUT2D eigenvalue weighted by Gasteiger charge is 2.18. The topological polar surface area (TPSA) is 50.2 Å². The summed E-state index contributed by atoms with van der Waals surface area (Å²) in [4.78, 5) is 14.5. The van der Waals surface area contributed by atoms with E-state index in [0.29, 0.717) is 6.54 Å². The average Bonchev–Trinajstić information content (AvgIpc) is 2.85. The van der Waals surface area contributed by atoms with Gasteiger partial charge in [0.05, 0.1) is 12.2 Å². The van der Waals surface area contributed by atoms with Gasteiger partial charge in [0.15, 0.2) is 0 Å². The van der Waals surface area contributed by atoms with E-state index in [2.05, 4.69) is 23.4 Å². The average molecular weight is 335 g/mol. The highest BCUT2D eigenvalue weighted by molar-refractivity contribution is 5.94. The molecule has 1 N–H and O–H groups in total. The molecule has 0 saturated carbocycles. The van der Waals surface area contributed by atoms with Crippen LogP contribution in [0.3, 0.4) is 0 Å². The van der Waals surface area contributed by atoms with Crippen molar-refractivity contribution in [2.24, 2.45) is 0 Å². The summed E-state index contributed by atoms with van der Waals surface area (Å²) in [5.41, 5.74) is 4.02. The molecule has 6 heteroatoms. The van der Waals surface area contributed by atoms with E-state index in [1.165, 1.54) is 0 Å². The zero-order chi connectivity index (χ0) is 15.5. The molecule has 1 aliphatic heterocycles. The molecule has 0 aliphatic carbocycles. The molecule has 1 aromatic carbocycles. The summed E-state index contributed by atoms with van der Waals surface area (Å²) in [6, 6.07) is 9.95. The molecule has 2 heterocycles. The number of amides is 1. The van der Waals surface area contributed by atoms with Gasteiger partial charge in [-0.15, -0.1) is 12.4 Å². The summed E-state index contributed by atoms with van der Waals surface area (Å²) >= 11 is 0. The number of hydrogen-bond acceptors (Lipinski definition) is 3. The second kappa shape index (κ2) is 7.62. The normalized spacial score (nSPS) is 14.4. The van der Waals surface area contributed by atoms with Crippen molar-refractivity contribution in [1.82, 2.24) is 20.0 Å². The maximum Gasteiger partial charge on any atom is 0.253 e. The monoisotopic (exact) mass is 334 g/mol. The lowest BCUT2D eigenvalue weighted by molar-refractivity contribution is 0.0735. The number of piperazine rings is 1. The molecule has 1 fully saturated rings. The fourth-order valence-corrected chi connectivity index (χ4v) is 2.86. The molecular formula is C17H23ClN4O. The number of nitrogens with zero attached hydrogens (tertiary/aromatic N) is 3. The third-order valence-corrected chi connectivity index (χ3v) is 4.01. The van der Waals surface area contributed by atoms with Crippen LogP contribution in [0.5, 0.6) is 0 Å². The van der Waals surface area contributed by atoms with Crippen molar-refractivity contribution in [3.05, 3.63) is 52.8 Å². The van der Waals surface area contributed by atoms with E-state index in [1.54, 1.807) is 0 Å². The number of nitrogens with one attached hydrogen (secondary N) is 1. The number of aromatic nitrogens is 2. The zero-order valence-electron chi connectivity index (χ0n) is 13.6. The molecule has 0 radical (unpaired) electrons. The Morgan fingerprint density at radius 2 is 1.96 bits per heavy atom. The molecule has 0 spiro atoms. The van der Waals surface area contributed by atoms with Crippen molar-refractivity contribution >= 4 is 18.3 Å². The number of aryl methyl sites for hydroxylation is 2. The molecule has 23 heavy (non-hydrogen) atoms. The lowest BCUT2D eigenvalue weighted by Crippen LogP contribution is -2.46. The van der Waals surface area contributed by atoms with E-state index in [9.17, 15) is 4.79 Å². The summed E-state index contributed by atoms with van der Waals surface area (Å²) in [6.45, 7) is 8.04. The minimum absolute atomic E-state index is 0. The Labute approximate surface area is 143 Å². The summed E-state index contributed by atoms with van der Waals surface area (Å²) in [6.07, 6.45) is 0. The Balaban J connectivity index is 0.00000192. The number of hydrogen-bond donors (Lipinski definition) is 1. The summed E-state index contributed by atoms with van der Waals surface area (Å²) in [5.74, 6) is 0.122. The van der Waals surface area contributed by atoms with E-state index >= 15 is 0 Å². The predicted octanol–water partition coefficient (Wildman–Crippen LogP) is 2.02. The number of rotatable bonds is 3. The van der Waals surface area contributed by atoms with Crippen molar-refractivity contribution in [2.45, 2.75) is 20.4 Å². The fourth-order valence-electron chi connectivity index (χ4n) is 2.86.